The van der Waals surface area contributed by atoms with E-state index in [1.54, 1.807) is 6.20 Å². The minimum absolute atomic E-state index is 0.0485. The number of para-hydroxylation sites is 1. The lowest BCUT2D eigenvalue weighted by molar-refractivity contribution is 0.144. The molecule has 0 aliphatic carbocycles. The lowest BCUT2D eigenvalue weighted by atomic mass is 10.1. The molecule has 0 saturated carbocycles. The molecule has 2 aromatic carbocycles. The fourth-order valence-corrected chi connectivity index (χ4v) is 3.50. The number of benzene rings is 2. The Balaban J connectivity index is 1.69. The van der Waals surface area contributed by atoms with Crippen molar-refractivity contribution in [3.63, 3.8) is 0 Å². The van der Waals surface area contributed by atoms with Crippen LogP contribution < -0.4 is 15.1 Å². The third kappa shape index (κ3) is 4.15. The minimum atomic E-state index is -1.61. The summed E-state index contributed by atoms with van der Waals surface area (Å²) in [7, 11) is 3.85. The van der Waals surface area contributed by atoms with E-state index in [2.05, 4.69) is 9.72 Å². The first-order valence-electron chi connectivity index (χ1n) is 9.78. The van der Waals surface area contributed by atoms with Gasteiger partial charge >= 0.3 is 6.16 Å². The van der Waals surface area contributed by atoms with Crippen molar-refractivity contribution < 1.29 is 19.0 Å². The van der Waals surface area contributed by atoms with Crippen LogP contribution in [0.1, 0.15) is 5.56 Å². The van der Waals surface area contributed by atoms with Crippen molar-refractivity contribution in [3.05, 3.63) is 88.6 Å². The van der Waals surface area contributed by atoms with Gasteiger partial charge in [0.05, 0.1) is 17.1 Å². The summed E-state index contributed by atoms with van der Waals surface area (Å²) in [5.74, 6) is -0.0960. The standard InChI is InChI=1S/C24H20FN3O4/c1-27(2)21-11-10-17(12-26-21)16-8-6-15(7-9-16)13-28-14-20(32-24(30)31)23(29)18-4-3-5-19(25)22(18)28/h3-12,14H,13H2,1-2H3,(H,30,31). The van der Waals surface area contributed by atoms with Crippen molar-refractivity contribution in [2.75, 3.05) is 19.0 Å². The number of aromatic nitrogens is 2. The molecule has 0 unspecified atom stereocenters. The van der Waals surface area contributed by atoms with E-state index in [9.17, 15) is 14.0 Å². The van der Waals surface area contributed by atoms with Crippen LogP contribution in [0.3, 0.4) is 0 Å². The van der Waals surface area contributed by atoms with Gasteiger partial charge in [-0.3, -0.25) is 4.79 Å². The molecule has 0 aliphatic heterocycles. The first-order chi connectivity index (χ1) is 15.3. The van der Waals surface area contributed by atoms with Crippen LogP contribution in [-0.2, 0) is 6.54 Å². The molecule has 0 fully saturated rings. The minimum Gasteiger partial charge on any atom is -0.449 e. The van der Waals surface area contributed by atoms with Gasteiger partial charge in [0.1, 0.15) is 11.6 Å². The summed E-state index contributed by atoms with van der Waals surface area (Å²) >= 11 is 0. The number of hydrogen-bond donors (Lipinski definition) is 1. The first kappa shape index (κ1) is 21.0. The number of hydrogen-bond acceptors (Lipinski definition) is 5. The number of fused-ring (bicyclic) bond motifs is 1. The third-order valence-corrected chi connectivity index (χ3v) is 5.06. The summed E-state index contributed by atoms with van der Waals surface area (Å²) in [4.78, 5) is 29.8. The lowest BCUT2D eigenvalue weighted by Crippen LogP contribution is -2.17. The maximum atomic E-state index is 14.6. The van der Waals surface area contributed by atoms with E-state index in [0.29, 0.717) is 0 Å². The molecule has 7 nitrogen and oxygen atoms in total. The van der Waals surface area contributed by atoms with Gasteiger partial charge in [-0.25, -0.2) is 14.2 Å². The SMILES string of the molecule is CN(C)c1ccc(-c2ccc(Cn3cc(OC(=O)O)c(=O)c4cccc(F)c43)cc2)cn1. The molecule has 2 heterocycles. The molecule has 0 bridgehead atoms. The third-order valence-electron chi connectivity index (χ3n) is 5.06. The van der Waals surface area contributed by atoms with E-state index in [1.807, 2.05) is 55.4 Å². The normalized spacial score (nSPS) is 10.8. The molecular weight excluding hydrogens is 413 g/mol. The second-order valence-electron chi connectivity index (χ2n) is 7.45. The molecule has 2 aromatic heterocycles. The number of carboxylic acid groups (broad SMARTS) is 1. The van der Waals surface area contributed by atoms with Gasteiger partial charge in [0.2, 0.25) is 5.43 Å². The highest BCUT2D eigenvalue weighted by molar-refractivity contribution is 5.81. The number of carbonyl (C=O) groups is 1. The number of anilines is 1. The van der Waals surface area contributed by atoms with Crippen molar-refractivity contribution >= 4 is 22.9 Å². The molecule has 4 aromatic rings. The van der Waals surface area contributed by atoms with Crippen LogP contribution >= 0.6 is 0 Å². The Labute approximate surface area is 182 Å². The fraction of sp³-hybridized carbons (Fsp3) is 0.125. The van der Waals surface area contributed by atoms with E-state index in [0.717, 1.165) is 22.5 Å². The molecule has 4 rings (SSSR count). The molecule has 0 amide bonds. The van der Waals surface area contributed by atoms with Crippen molar-refractivity contribution in [3.8, 4) is 16.9 Å². The fourth-order valence-electron chi connectivity index (χ4n) is 3.50. The van der Waals surface area contributed by atoms with Crippen LogP contribution in [0.5, 0.6) is 5.75 Å². The Hall–Kier alpha value is -4.20. The maximum absolute atomic E-state index is 14.6. The summed E-state index contributed by atoms with van der Waals surface area (Å²) in [6, 6.07) is 15.6. The van der Waals surface area contributed by atoms with Crippen LogP contribution in [0.2, 0.25) is 0 Å². The van der Waals surface area contributed by atoms with Crippen molar-refractivity contribution in [1.82, 2.24) is 9.55 Å². The number of halogens is 1. The zero-order valence-electron chi connectivity index (χ0n) is 17.4. The zero-order chi connectivity index (χ0) is 22.8. The molecule has 0 radical (unpaired) electrons. The highest BCUT2D eigenvalue weighted by Gasteiger charge is 2.16. The Bertz CT molecular complexity index is 1350. The van der Waals surface area contributed by atoms with E-state index < -0.39 is 17.4 Å². The van der Waals surface area contributed by atoms with E-state index in [-0.39, 0.29) is 23.2 Å². The maximum Gasteiger partial charge on any atom is 0.511 e. The summed E-state index contributed by atoms with van der Waals surface area (Å²) in [6.45, 7) is 0.214. The molecule has 0 atom stereocenters. The molecule has 1 N–H and O–H groups in total. The van der Waals surface area contributed by atoms with E-state index in [1.165, 1.54) is 29.0 Å². The lowest BCUT2D eigenvalue weighted by Gasteiger charge is -2.14. The Kier molecular flexibility index (Phi) is 5.59. The average molecular weight is 433 g/mol. The number of nitrogens with zero attached hydrogens (tertiary/aromatic N) is 3. The van der Waals surface area contributed by atoms with Gasteiger partial charge in [0.25, 0.3) is 0 Å². The zero-order valence-corrected chi connectivity index (χ0v) is 17.4. The first-order valence-corrected chi connectivity index (χ1v) is 9.78. The van der Waals surface area contributed by atoms with Crippen LogP contribution in [0, 0.1) is 5.82 Å². The van der Waals surface area contributed by atoms with Gasteiger partial charge in [-0.1, -0.05) is 30.3 Å². The summed E-state index contributed by atoms with van der Waals surface area (Å²) < 4.78 is 20.7. The van der Waals surface area contributed by atoms with Gasteiger partial charge in [0.15, 0.2) is 5.75 Å². The van der Waals surface area contributed by atoms with Crippen LogP contribution in [0.25, 0.3) is 22.0 Å². The molecule has 0 spiro atoms. The Morgan fingerprint density at radius 3 is 2.44 bits per heavy atom. The highest BCUT2D eigenvalue weighted by atomic mass is 19.1. The van der Waals surface area contributed by atoms with Gasteiger partial charge in [-0.05, 0) is 35.4 Å². The smallest absolute Gasteiger partial charge is 0.449 e. The van der Waals surface area contributed by atoms with Crippen LogP contribution in [-0.4, -0.2) is 34.9 Å². The predicted molar refractivity (Wildman–Crippen MR) is 120 cm³/mol. The molecular formula is C24H20FN3O4. The van der Waals surface area contributed by atoms with Gasteiger partial charge < -0.3 is 19.3 Å². The van der Waals surface area contributed by atoms with Gasteiger partial charge in [-0.15, -0.1) is 0 Å². The Morgan fingerprint density at radius 1 is 1.09 bits per heavy atom. The largest absolute Gasteiger partial charge is 0.511 e. The average Bonchev–Trinajstić information content (AvgIpc) is 2.77. The van der Waals surface area contributed by atoms with Crippen LogP contribution in [0.4, 0.5) is 15.0 Å². The molecule has 162 valence electrons. The molecule has 0 aliphatic rings. The second-order valence-corrected chi connectivity index (χ2v) is 7.45. The summed E-state index contributed by atoms with van der Waals surface area (Å²) in [5.41, 5.74) is 2.17. The highest BCUT2D eigenvalue weighted by Crippen LogP contribution is 2.23. The van der Waals surface area contributed by atoms with Crippen LogP contribution in [0.15, 0.2) is 71.8 Å². The molecule has 8 heteroatoms. The van der Waals surface area contributed by atoms with E-state index >= 15 is 0 Å². The van der Waals surface area contributed by atoms with E-state index in [4.69, 9.17) is 5.11 Å². The second kappa shape index (κ2) is 8.50. The molecule has 32 heavy (non-hydrogen) atoms. The molecule has 0 saturated heterocycles. The van der Waals surface area contributed by atoms with Gasteiger partial charge in [0, 0.05) is 32.4 Å². The van der Waals surface area contributed by atoms with Crippen molar-refractivity contribution in [2.45, 2.75) is 6.54 Å². The van der Waals surface area contributed by atoms with Crippen molar-refractivity contribution in [2.24, 2.45) is 0 Å². The Morgan fingerprint density at radius 2 is 1.81 bits per heavy atom. The number of ether oxygens (including phenoxy) is 1. The predicted octanol–water partition coefficient (Wildman–Crippen LogP) is 4.37. The monoisotopic (exact) mass is 433 g/mol. The summed E-state index contributed by atoms with van der Waals surface area (Å²) in [5, 5.41) is 8.98. The summed E-state index contributed by atoms with van der Waals surface area (Å²) in [6.07, 6.45) is 1.41. The number of rotatable bonds is 5. The van der Waals surface area contributed by atoms with Crippen molar-refractivity contribution in [1.29, 1.82) is 0 Å². The topological polar surface area (TPSA) is 84.7 Å². The number of pyridine rings is 2. The van der Waals surface area contributed by atoms with Gasteiger partial charge in [-0.2, -0.15) is 0 Å². The quantitative estimate of drug-likeness (QED) is 0.471.